The molecule has 272 valence electrons. The third kappa shape index (κ3) is 8.64. The van der Waals surface area contributed by atoms with Crippen LogP contribution in [0.1, 0.15) is 112 Å². The lowest BCUT2D eigenvalue weighted by Crippen LogP contribution is -2.42. The number of nitrogens with one attached hydrogen (secondary N) is 2. The molecule has 2 saturated heterocycles. The molecule has 11 heteroatoms. The molecule has 3 heterocycles. The number of methoxy groups -OCH3 is 1. The largest absolute Gasteiger partial charge is 0.496 e. The van der Waals surface area contributed by atoms with Gasteiger partial charge in [-0.2, -0.15) is 13.2 Å². The summed E-state index contributed by atoms with van der Waals surface area (Å²) < 4.78 is 46.4. The lowest BCUT2D eigenvalue weighted by molar-refractivity contribution is -0.138. The van der Waals surface area contributed by atoms with Gasteiger partial charge >= 0.3 is 6.18 Å². The van der Waals surface area contributed by atoms with Crippen LogP contribution in [0, 0.1) is 24.7 Å². The second-order valence-corrected chi connectivity index (χ2v) is 14.9. The number of carbonyl (C=O) groups excluding carboxylic acids is 1. The van der Waals surface area contributed by atoms with Crippen molar-refractivity contribution in [3.63, 3.8) is 0 Å². The number of aromatic nitrogens is 2. The number of amides is 1. The number of nitrogens with zero attached hydrogens (tertiary/aromatic N) is 3. The molecule has 3 fully saturated rings. The molecule has 50 heavy (non-hydrogen) atoms. The van der Waals surface area contributed by atoms with Gasteiger partial charge in [0.15, 0.2) is 0 Å². The van der Waals surface area contributed by atoms with E-state index in [0.29, 0.717) is 28.6 Å². The molecule has 0 spiro atoms. The first-order chi connectivity index (χ1) is 24.0. The molecule has 1 atom stereocenters. The highest BCUT2D eigenvalue weighted by Gasteiger charge is 2.34. The zero-order chi connectivity index (χ0) is 35.4. The van der Waals surface area contributed by atoms with Gasteiger partial charge in [-0.1, -0.05) is 19.3 Å². The standard InChI is InChI=1S/C39H53F3N6O2/c1-24(30-19-31(39(40,41)42)21-32(43)20-30)45-37-34-22-33(36(50-3)23-35(34)46-25(2)47-37)28-7-9-29(10-8-28)38(49)48-17-13-27(14-18-48)6-4-5-26-11-15-44-16-12-26/h19-24,26-29,44H,4-18,43H2,1-3H3,(H,45,46,47)/t24-,28?,29?/m1/s1. The Hall–Kier alpha value is -3.60. The number of aryl methyl sites for hydroxylation is 1. The number of anilines is 2. The summed E-state index contributed by atoms with van der Waals surface area (Å²) in [5.74, 6) is 4.04. The molecule has 3 aromatic rings. The van der Waals surface area contributed by atoms with E-state index in [-0.39, 0.29) is 17.5 Å². The molecule has 4 N–H and O–H groups in total. The number of hydrogen-bond donors (Lipinski definition) is 3. The van der Waals surface area contributed by atoms with Gasteiger partial charge in [0.05, 0.1) is 24.2 Å². The van der Waals surface area contributed by atoms with Gasteiger partial charge in [-0.25, -0.2) is 9.97 Å². The molecule has 2 aliphatic heterocycles. The summed E-state index contributed by atoms with van der Waals surface area (Å²) in [5, 5.41) is 7.57. The maximum Gasteiger partial charge on any atom is 0.416 e. The van der Waals surface area contributed by atoms with Gasteiger partial charge in [-0.3, -0.25) is 4.79 Å². The van der Waals surface area contributed by atoms with Crippen LogP contribution in [0.15, 0.2) is 30.3 Å². The molecule has 6 rings (SSSR count). The van der Waals surface area contributed by atoms with Crippen LogP contribution < -0.4 is 21.1 Å². The summed E-state index contributed by atoms with van der Waals surface area (Å²) in [5.41, 5.74) is 7.27. The van der Waals surface area contributed by atoms with E-state index in [4.69, 9.17) is 10.5 Å². The fraction of sp³-hybridized carbons (Fsp3) is 0.615. The van der Waals surface area contributed by atoms with E-state index in [1.165, 1.54) is 45.2 Å². The van der Waals surface area contributed by atoms with Crippen LogP contribution in [0.2, 0.25) is 0 Å². The minimum atomic E-state index is -4.50. The quantitative estimate of drug-likeness (QED) is 0.183. The summed E-state index contributed by atoms with van der Waals surface area (Å²) >= 11 is 0. The number of ether oxygens (including phenoxy) is 1. The first kappa shape index (κ1) is 36.2. The smallest absolute Gasteiger partial charge is 0.416 e. The fourth-order valence-corrected chi connectivity index (χ4v) is 8.49. The Bertz CT molecular complexity index is 1630. The first-order valence-electron chi connectivity index (χ1n) is 18.6. The lowest BCUT2D eigenvalue weighted by atomic mass is 9.77. The van der Waals surface area contributed by atoms with Crippen LogP contribution >= 0.6 is 0 Å². The highest BCUT2D eigenvalue weighted by molar-refractivity contribution is 5.91. The summed E-state index contributed by atoms with van der Waals surface area (Å²) in [7, 11) is 1.66. The van der Waals surface area contributed by atoms with Crippen molar-refractivity contribution in [3.05, 3.63) is 52.8 Å². The van der Waals surface area contributed by atoms with Crippen LogP contribution in [0.3, 0.4) is 0 Å². The maximum absolute atomic E-state index is 13.6. The number of fused-ring (bicyclic) bond motifs is 1. The van der Waals surface area contributed by atoms with Crippen molar-refractivity contribution in [1.82, 2.24) is 20.2 Å². The highest BCUT2D eigenvalue weighted by atomic mass is 19.4. The van der Waals surface area contributed by atoms with E-state index in [1.54, 1.807) is 27.0 Å². The van der Waals surface area contributed by atoms with Crippen molar-refractivity contribution in [1.29, 1.82) is 0 Å². The van der Waals surface area contributed by atoms with Gasteiger partial charge in [-0.15, -0.1) is 0 Å². The van der Waals surface area contributed by atoms with Crippen LogP contribution in [0.5, 0.6) is 5.75 Å². The molecule has 1 aromatic heterocycles. The maximum atomic E-state index is 13.6. The van der Waals surface area contributed by atoms with Gasteiger partial charge in [0.2, 0.25) is 5.91 Å². The summed E-state index contributed by atoms with van der Waals surface area (Å²) in [6, 6.07) is 7.10. The third-order valence-corrected chi connectivity index (χ3v) is 11.4. The minimum Gasteiger partial charge on any atom is -0.496 e. The molecule has 1 aliphatic carbocycles. The van der Waals surface area contributed by atoms with Crippen LogP contribution in [0.25, 0.3) is 10.9 Å². The second-order valence-electron chi connectivity index (χ2n) is 14.9. The average molecular weight is 695 g/mol. The first-order valence-corrected chi connectivity index (χ1v) is 18.6. The van der Waals surface area contributed by atoms with E-state index in [9.17, 15) is 18.0 Å². The van der Waals surface area contributed by atoms with Gasteiger partial charge in [-0.05, 0) is 131 Å². The monoisotopic (exact) mass is 694 g/mol. The Morgan fingerprint density at radius 1 is 0.980 bits per heavy atom. The Morgan fingerprint density at radius 3 is 2.32 bits per heavy atom. The third-order valence-electron chi connectivity index (χ3n) is 11.4. The number of hydrogen-bond acceptors (Lipinski definition) is 7. The lowest BCUT2D eigenvalue weighted by Gasteiger charge is -2.37. The summed E-state index contributed by atoms with van der Waals surface area (Å²) in [4.78, 5) is 25.1. The predicted molar refractivity (Wildman–Crippen MR) is 192 cm³/mol. The molecular weight excluding hydrogens is 641 g/mol. The van der Waals surface area contributed by atoms with Crippen molar-refractivity contribution in [2.24, 2.45) is 17.8 Å². The summed E-state index contributed by atoms with van der Waals surface area (Å²) in [6.45, 7) is 7.68. The number of likely N-dealkylation sites (tertiary alicyclic amines) is 1. The molecule has 2 aromatic carbocycles. The molecule has 0 unspecified atom stereocenters. The number of nitrogens with two attached hydrogens (primary N) is 1. The SMILES string of the molecule is COc1cc2nc(C)nc(N[C@H](C)c3cc(N)cc(C(F)(F)F)c3)c2cc1C1CCC(C(=O)N2CCC(CCCC3CCNCC3)CC2)CC1. The molecule has 1 saturated carbocycles. The van der Waals surface area contributed by atoms with Crippen molar-refractivity contribution in [2.75, 3.05) is 44.3 Å². The molecule has 0 radical (unpaired) electrons. The zero-order valence-corrected chi connectivity index (χ0v) is 29.7. The van der Waals surface area contributed by atoms with Crippen LogP contribution in [-0.4, -0.2) is 54.1 Å². The normalized spacial score (nSPS) is 21.7. The number of carbonyl (C=O) groups is 1. The van der Waals surface area contributed by atoms with Crippen molar-refractivity contribution in [2.45, 2.75) is 103 Å². The molecular formula is C39H53F3N6O2. The second kappa shape index (κ2) is 15.7. The van der Waals surface area contributed by atoms with Crippen molar-refractivity contribution in [3.8, 4) is 5.75 Å². The number of halogens is 3. The van der Waals surface area contributed by atoms with Gasteiger partial charge < -0.3 is 26.0 Å². The minimum absolute atomic E-state index is 0.0520. The van der Waals surface area contributed by atoms with Gasteiger partial charge in [0.25, 0.3) is 0 Å². The Balaban J connectivity index is 1.09. The molecule has 1 amide bonds. The van der Waals surface area contributed by atoms with Gasteiger partial charge in [0, 0.05) is 36.1 Å². The fourth-order valence-electron chi connectivity index (χ4n) is 8.49. The van der Waals surface area contributed by atoms with Gasteiger partial charge in [0.1, 0.15) is 17.4 Å². The van der Waals surface area contributed by atoms with E-state index in [1.807, 2.05) is 6.07 Å². The van der Waals surface area contributed by atoms with E-state index < -0.39 is 17.8 Å². The average Bonchev–Trinajstić information content (AvgIpc) is 3.11. The van der Waals surface area contributed by atoms with E-state index >= 15 is 0 Å². The molecule has 8 nitrogen and oxygen atoms in total. The van der Waals surface area contributed by atoms with Crippen LogP contribution in [0.4, 0.5) is 24.7 Å². The van der Waals surface area contributed by atoms with Crippen molar-refractivity contribution >= 4 is 28.3 Å². The van der Waals surface area contributed by atoms with E-state index in [2.05, 4.69) is 31.6 Å². The zero-order valence-electron chi connectivity index (χ0n) is 29.7. The van der Waals surface area contributed by atoms with Crippen molar-refractivity contribution < 1.29 is 22.7 Å². The predicted octanol–water partition coefficient (Wildman–Crippen LogP) is 8.40. The number of rotatable bonds is 10. The topological polar surface area (TPSA) is 105 Å². The number of piperidine rings is 2. The molecule has 3 aliphatic rings. The van der Waals surface area contributed by atoms with Crippen LogP contribution in [-0.2, 0) is 11.0 Å². The summed E-state index contributed by atoms with van der Waals surface area (Å²) in [6.07, 6.45) is 7.78. The Morgan fingerprint density at radius 2 is 1.66 bits per heavy atom. The Labute approximate surface area is 294 Å². The Kier molecular flexibility index (Phi) is 11.4. The number of alkyl halides is 3. The molecule has 0 bridgehead atoms. The number of nitrogen functional groups attached to an aromatic ring is 1. The van der Waals surface area contributed by atoms with E-state index in [0.717, 1.165) is 92.3 Å². The highest BCUT2D eigenvalue weighted by Crippen LogP contribution is 2.43. The number of benzene rings is 2.